The smallest absolute Gasteiger partial charge is 0.127 e. The molecular formula is C13H17ClN2S. The fourth-order valence-electron chi connectivity index (χ4n) is 2.00. The first-order valence-corrected chi connectivity index (χ1v) is 7.65. The highest BCUT2D eigenvalue weighted by atomic mass is 35.5. The molecule has 17 heavy (non-hydrogen) atoms. The van der Waals surface area contributed by atoms with Crippen LogP contribution in [-0.4, -0.2) is 21.6 Å². The van der Waals surface area contributed by atoms with Gasteiger partial charge in [-0.2, -0.15) is 11.8 Å². The number of para-hydroxylation sites is 2. The van der Waals surface area contributed by atoms with Crippen LogP contribution in [0.5, 0.6) is 0 Å². The highest BCUT2D eigenvalue weighted by molar-refractivity contribution is 7.98. The summed E-state index contributed by atoms with van der Waals surface area (Å²) in [5.74, 6) is 2.15. The molecule has 0 aliphatic rings. The molecule has 1 aromatic carbocycles. The molecule has 1 unspecified atom stereocenters. The Hall–Kier alpha value is -0.670. The zero-order valence-corrected chi connectivity index (χ0v) is 11.8. The van der Waals surface area contributed by atoms with E-state index in [9.17, 15) is 0 Å². The van der Waals surface area contributed by atoms with Crippen LogP contribution in [0.25, 0.3) is 11.0 Å². The number of aryl methyl sites for hydroxylation is 1. The van der Waals surface area contributed by atoms with Crippen LogP contribution >= 0.6 is 23.4 Å². The van der Waals surface area contributed by atoms with E-state index >= 15 is 0 Å². The molecule has 1 aromatic heterocycles. The Balaban J connectivity index is 2.37. The minimum absolute atomic E-state index is 0.0447. The Kier molecular flexibility index (Phi) is 4.35. The number of nitrogens with zero attached hydrogens (tertiary/aromatic N) is 2. The Morgan fingerprint density at radius 2 is 2.18 bits per heavy atom. The summed E-state index contributed by atoms with van der Waals surface area (Å²) in [6, 6.07) is 8.23. The predicted molar refractivity (Wildman–Crippen MR) is 77.0 cm³/mol. The number of thioether (sulfide) groups is 1. The van der Waals surface area contributed by atoms with E-state index in [4.69, 9.17) is 11.6 Å². The van der Waals surface area contributed by atoms with Crippen molar-refractivity contribution in [1.29, 1.82) is 0 Å². The summed E-state index contributed by atoms with van der Waals surface area (Å²) in [5.41, 5.74) is 2.23. The number of alkyl halides is 1. The molecule has 0 N–H and O–H groups in total. The van der Waals surface area contributed by atoms with Gasteiger partial charge < -0.3 is 4.57 Å². The maximum atomic E-state index is 6.20. The number of fused-ring (bicyclic) bond motifs is 1. The van der Waals surface area contributed by atoms with Gasteiger partial charge in [0.1, 0.15) is 5.82 Å². The average Bonchev–Trinajstić information content (AvgIpc) is 2.69. The van der Waals surface area contributed by atoms with Crippen molar-refractivity contribution in [2.45, 2.75) is 25.3 Å². The lowest BCUT2D eigenvalue weighted by molar-refractivity contribution is 0.658. The zero-order chi connectivity index (χ0) is 12.3. The van der Waals surface area contributed by atoms with Gasteiger partial charge in [0.15, 0.2) is 0 Å². The Labute approximate surface area is 111 Å². The highest BCUT2D eigenvalue weighted by Crippen LogP contribution is 2.24. The van der Waals surface area contributed by atoms with Crippen molar-refractivity contribution in [3.8, 4) is 0 Å². The molecule has 4 heteroatoms. The summed E-state index contributed by atoms with van der Waals surface area (Å²) in [6.07, 6.45) is 3.29. The standard InChI is InChI=1S/C13H17ClN2S/c1-10(14)13-15-11-6-3-4-7-12(11)16(13)8-5-9-17-2/h3-4,6-7,10H,5,8-9H2,1-2H3. The molecule has 0 radical (unpaired) electrons. The third kappa shape index (κ3) is 2.78. The number of hydrogen-bond acceptors (Lipinski definition) is 2. The molecular weight excluding hydrogens is 252 g/mol. The molecule has 0 bridgehead atoms. The highest BCUT2D eigenvalue weighted by Gasteiger charge is 2.13. The van der Waals surface area contributed by atoms with Gasteiger partial charge in [-0.1, -0.05) is 12.1 Å². The van der Waals surface area contributed by atoms with Crippen LogP contribution in [0.1, 0.15) is 24.5 Å². The molecule has 0 amide bonds. The van der Waals surface area contributed by atoms with Gasteiger partial charge in [-0.3, -0.25) is 0 Å². The van der Waals surface area contributed by atoms with Gasteiger partial charge in [0.2, 0.25) is 0 Å². The lowest BCUT2D eigenvalue weighted by Crippen LogP contribution is -2.05. The van der Waals surface area contributed by atoms with Crippen molar-refractivity contribution in [2.75, 3.05) is 12.0 Å². The summed E-state index contributed by atoms with van der Waals surface area (Å²) in [5, 5.41) is -0.0447. The zero-order valence-electron chi connectivity index (χ0n) is 10.2. The Morgan fingerprint density at radius 1 is 1.41 bits per heavy atom. The SMILES string of the molecule is CSCCCn1c(C(C)Cl)nc2ccccc21. The van der Waals surface area contributed by atoms with Gasteiger partial charge in [-0.05, 0) is 37.5 Å². The van der Waals surface area contributed by atoms with Crippen LogP contribution in [0.15, 0.2) is 24.3 Å². The Morgan fingerprint density at radius 3 is 2.88 bits per heavy atom. The second-order valence-corrected chi connectivity index (χ2v) is 5.71. The number of rotatable bonds is 5. The maximum Gasteiger partial charge on any atom is 0.127 e. The van der Waals surface area contributed by atoms with Gasteiger partial charge in [0.05, 0.1) is 16.4 Å². The monoisotopic (exact) mass is 268 g/mol. The number of hydrogen-bond donors (Lipinski definition) is 0. The minimum Gasteiger partial charge on any atom is -0.327 e. The van der Waals surface area contributed by atoms with Crippen LogP contribution in [0, 0.1) is 0 Å². The summed E-state index contributed by atoms with van der Waals surface area (Å²) in [6.45, 7) is 2.97. The molecule has 2 nitrogen and oxygen atoms in total. The number of imidazole rings is 1. The summed E-state index contributed by atoms with van der Waals surface area (Å²) >= 11 is 8.08. The maximum absolute atomic E-state index is 6.20. The number of benzene rings is 1. The minimum atomic E-state index is -0.0447. The molecule has 0 spiro atoms. The van der Waals surface area contributed by atoms with E-state index in [1.54, 1.807) is 0 Å². The topological polar surface area (TPSA) is 17.8 Å². The summed E-state index contributed by atoms with van der Waals surface area (Å²) in [7, 11) is 0. The van der Waals surface area contributed by atoms with Gasteiger partial charge >= 0.3 is 0 Å². The van der Waals surface area contributed by atoms with E-state index in [0.29, 0.717) is 0 Å². The third-order valence-electron chi connectivity index (χ3n) is 2.77. The molecule has 92 valence electrons. The third-order valence-corrected chi connectivity index (χ3v) is 3.66. The van der Waals surface area contributed by atoms with Gasteiger partial charge in [-0.25, -0.2) is 4.98 Å². The van der Waals surface area contributed by atoms with Crippen LogP contribution in [-0.2, 0) is 6.54 Å². The van der Waals surface area contributed by atoms with E-state index in [2.05, 4.69) is 27.9 Å². The van der Waals surface area contributed by atoms with Crippen molar-refractivity contribution in [2.24, 2.45) is 0 Å². The molecule has 0 aliphatic carbocycles. The Bertz CT molecular complexity index is 493. The molecule has 2 aromatic rings. The van der Waals surface area contributed by atoms with E-state index in [1.165, 1.54) is 11.3 Å². The molecule has 0 aliphatic heterocycles. The van der Waals surface area contributed by atoms with Crippen LogP contribution < -0.4 is 0 Å². The molecule has 0 saturated heterocycles. The molecule has 0 fully saturated rings. The predicted octanol–water partition coefficient (Wildman–Crippen LogP) is 4.09. The van der Waals surface area contributed by atoms with Gasteiger partial charge in [0.25, 0.3) is 0 Å². The average molecular weight is 269 g/mol. The first-order valence-electron chi connectivity index (χ1n) is 5.82. The molecule has 1 atom stereocenters. The van der Waals surface area contributed by atoms with E-state index in [1.807, 2.05) is 30.8 Å². The second kappa shape index (κ2) is 5.78. The van der Waals surface area contributed by atoms with Crippen LogP contribution in [0.3, 0.4) is 0 Å². The van der Waals surface area contributed by atoms with Crippen molar-refractivity contribution < 1.29 is 0 Å². The normalized spacial score (nSPS) is 13.1. The fourth-order valence-corrected chi connectivity index (χ4v) is 2.58. The second-order valence-electron chi connectivity index (χ2n) is 4.07. The van der Waals surface area contributed by atoms with Crippen molar-refractivity contribution in [3.05, 3.63) is 30.1 Å². The number of aromatic nitrogens is 2. The quantitative estimate of drug-likeness (QED) is 0.600. The van der Waals surface area contributed by atoms with Crippen LogP contribution in [0.4, 0.5) is 0 Å². The van der Waals surface area contributed by atoms with Crippen molar-refractivity contribution >= 4 is 34.4 Å². The molecule has 0 saturated carbocycles. The van der Waals surface area contributed by atoms with Crippen molar-refractivity contribution in [1.82, 2.24) is 9.55 Å². The van der Waals surface area contributed by atoms with Gasteiger partial charge in [0, 0.05) is 6.54 Å². The molecule has 1 heterocycles. The first kappa shape index (κ1) is 12.8. The summed E-state index contributed by atoms with van der Waals surface area (Å²) < 4.78 is 2.25. The lowest BCUT2D eigenvalue weighted by atomic mass is 10.3. The summed E-state index contributed by atoms with van der Waals surface area (Å²) in [4.78, 5) is 4.62. The van der Waals surface area contributed by atoms with E-state index < -0.39 is 0 Å². The molecule has 2 rings (SSSR count). The lowest BCUT2D eigenvalue weighted by Gasteiger charge is -2.09. The van der Waals surface area contributed by atoms with Crippen molar-refractivity contribution in [3.63, 3.8) is 0 Å². The largest absolute Gasteiger partial charge is 0.327 e. The van der Waals surface area contributed by atoms with Gasteiger partial charge in [-0.15, -0.1) is 11.6 Å². The van der Waals surface area contributed by atoms with E-state index in [0.717, 1.165) is 24.3 Å². The number of halogens is 1. The van der Waals surface area contributed by atoms with Crippen LogP contribution in [0.2, 0.25) is 0 Å². The first-order chi connectivity index (χ1) is 8.24. The fraction of sp³-hybridized carbons (Fsp3) is 0.462. The van der Waals surface area contributed by atoms with E-state index in [-0.39, 0.29) is 5.38 Å².